The number of para-hydroxylation sites is 2. The molecule has 0 aliphatic carbocycles. The lowest BCUT2D eigenvalue weighted by atomic mass is 10.1. The van der Waals surface area contributed by atoms with Gasteiger partial charge in [0.2, 0.25) is 11.8 Å². The molecule has 1 heterocycles. The second-order valence-corrected chi connectivity index (χ2v) is 5.09. The van der Waals surface area contributed by atoms with E-state index >= 15 is 0 Å². The zero-order valence-corrected chi connectivity index (χ0v) is 12.6. The number of aromatic nitrogens is 1. The van der Waals surface area contributed by atoms with Gasteiger partial charge in [0.05, 0.1) is 13.1 Å². The molecule has 0 saturated heterocycles. The lowest BCUT2D eigenvalue weighted by Gasteiger charge is -2.27. The number of nitrogens with zero attached hydrogens (tertiary/aromatic N) is 2. The highest BCUT2D eigenvalue weighted by Crippen LogP contribution is 2.18. The van der Waals surface area contributed by atoms with E-state index in [1.54, 1.807) is 18.2 Å². The van der Waals surface area contributed by atoms with Crippen LogP contribution in [-0.2, 0) is 16.1 Å². The first-order chi connectivity index (χ1) is 11.1. The Kier molecular flexibility index (Phi) is 5.67. The van der Waals surface area contributed by atoms with E-state index in [4.69, 9.17) is 15.9 Å². The van der Waals surface area contributed by atoms with Crippen molar-refractivity contribution in [1.82, 2.24) is 9.88 Å². The molecule has 0 unspecified atom stereocenters. The van der Waals surface area contributed by atoms with Crippen LogP contribution in [0.4, 0.5) is 0 Å². The number of nitrogens with two attached hydrogens (primary N) is 2. The molecule has 1 aromatic heterocycles. The number of hydrogen-bond acceptors (Lipinski definition) is 6. The van der Waals surface area contributed by atoms with E-state index in [9.17, 15) is 14.7 Å². The largest absolute Gasteiger partial charge is 0.480 e. The molecule has 2 aromatic rings. The molecule has 8 nitrogen and oxygen atoms in total. The van der Waals surface area contributed by atoms with Gasteiger partial charge in [-0.25, -0.2) is 9.78 Å². The molecule has 5 N–H and O–H groups in total. The lowest BCUT2D eigenvalue weighted by molar-refractivity contribution is -0.150. The van der Waals surface area contributed by atoms with Crippen molar-refractivity contribution in [3.05, 3.63) is 30.2 Å². The molecule has 1 aromatic carbocycles. The van der Waals surface area contributed by atoms with Gasteiger partial charge in [0.1, 0.15) is 11.6 Å². The Hall–Kier alpha value is -2.45. The molecule has 124 valence electrons. The average molecular weight is 320 g/mol. The average Bonchev–Trinajstić information content (AvgIpc) is 2.95. The lowest BCUT2D eigenvalue weighted by Crippen LogP contribution is -2.47. The zero-order chi connectivity index (χ0) is 16.8. The van der Waals surface area contributed by atoms with E-state index in [1.165, 1.54) is 4.90 Å². The summed E-state index contributed by atoms with van der Waals surface area (Å²) in [7, 11) is 0. The summed E-state index contributed by atoms with van der Waals surface area (Å²) < 4.78 is 5.56. The van der Waals surface area contributed by atoms with Gasteiger partial charge in [-0.1, -0.05) is 12.1 Å². The van der Waals surface area contributed by atoms with Crippen LogP contribution in [0.5, 0.6) is 0 Å². The Morgan fingerprint density at radius 2 is 2.04 bits per heavy atom. The SMILES string of the molecule is NCCC[C@@H](C(=O)O)N(Cc1nc2ccccc2o1)C(=O)CN. The van der Waals surface area contributed by atoms with Gasteiger partial charge in [0.15, 0.2) is 5.58 Å². The Balaban J connectivity index is 2.26. The number of carboxylic acid groups (broad SMARTS) is 1. The summed E-state index contributed by atoms with van der Waals surface area (Å²) >= 11 is 0. The summed E-state index contributed by atoms with van der Waals surface area (Å²) in [6, 6.07) is 6.15. The predicted molar refractivity (Wildman–Crippen MR) is 83.3 cm³/mol. The van der Waals surface area contributed by atoms with Crippen molar-refractivity contribution in [3.8, 4) is 0 Å². The van der Waals surface area contributed by atoms with E-state index in [0.717, 1.165) is 0 Å². The maximum atomic E-state index is 12.1. The van der Waals surface area contributed by atoms with Crippen LogP contribution in [0.15, 0.2) is 28.7 Å². The number of carbonyl (C=O) groups is 2. The molecule has 0 aliphatic rings. The molecular formula is C15H20N4O4. The molecule has 1 amide bonds. The summed E-state index contributed by atoms with van der Waals surface area (Å²) in [5.74, 6) is -1.31. The van der Waals surface area contributed by atoms with Crippen molar-refractivity contribution in [2.45, 2.75) is 25.4 Å². The van der Waals surface area contributed by atoms with Crippen LogP contribution in [0.1, 0.15) is 18.7 Å². The third-order valence-electron chi connectivity index (χ3n) is 3.48. The van der Waals surface area contributed by atoms with Gasteiger partial charge in [-0.3, -0.25) is 4.79 Å². The van der Waals surface area contributed by atoms with E-state index in [2.05, 4.69) is 4.98 Å². The quantitative estimate of drug-likeness (QED) is 0.636. The summed E-state index contributed by atoms with van der Waals surface area (Å²) in [6.07, 6.45) is 0.733. The van der Waals surface area contributed by atoms with Crippen LogP contribution in [0.2, 0.25) is 0 Å². The van der Waals surface area contributed by atoms with Gasteiger partial charge in [-0.05, 0) is 31.5 Å². The topological polar surface area (TPSA) is 136 Å². The van der Waals surface area contributed by atoms with Crippen molar-refractivity contribution >= 4 is 23.0 Å². The number of amides is 1. The first-order valence-electron chi connectivity index (χ1n) is 7.33. The van der Waals surface area contributed by atoms with Crippen molar-refractivity contribution in [3.63, 3.8) is 0 Å². The molecule has 0 radical (unpaired) electrons. The van der Waals surface area contributed by atoms with Gasteiger partial charge in [0, 0.05) is 0 Å². The molecule has 0 fully saturated rings. The zero-order valence-electron chi connectivity index (χ0n) is 12.6. The van der Waals surface area contributed by atoms with Crippen LogP contribution in [0.25, 0.3) is 11.1 Å². The Morgan fingerprint density at radius 1 is 1.30 bits per heavy atom. The second kappa shape index (κ2) is 7.70. The highest BCUT2D eigenvalue weighted by molar-refractivity contribution is 5.84. The normalized spacial score (nSPS) is 12.3. The van der Waals surface area contributed by atoms with E-state index in [0.29, 0.717) is 24.1 Å². The van der Waals surface area contributed by atoms with Crippen LogP contribution in [-0.4, -0.2) is 46.0 Å². The van der Waals surface area contributed by atoms with Crippen molar-refractivity contribution in [1.29, 1.82) is 0 Å². The van der Waals surface area contributed by atoms with Gasteiger partial charge in [0.25, 0.3) is 0 Å². The Morgan fingerprint density at radius 3 is 2.65 bits per heavy atom. The van der Waals surface area contributed by atoms with Gasteiger partial charge in [-0.15, -0.1) is 0 Å². The fourth-order valence-corrected chi connectivity index (χ4v) is 2.35. The summed E-state index contributed by atoms with van der Waals surface area (Å²) in [6.45, 7) is 0.0101. The molecule has 23 heavy (non-hydrogen) atoms. The molecule has 2 rings (SSSR count). The second-order valence-electron chi connectivity index (χ2n) is 5.09. The van der Waals surface area contributed by atoms with E-state index in [1.807, 2.05) is 6.07 Å². The van der Waals surface area contributed by atoms with Crippen LogP contribution in [0, 0.1) is 0 Å². The van der Waals surface area contributed by atoms with Gasteiger partial charge < -0.3 is 25.9 Å². The number of carboxylic acids is 1. The summed E-state index contributed by atoms with van der Waals surface area (Å²) in [5.41, 5.74) is 12.1. The maximum absolute atomic E-state index is 12.1. The number of benzene rings is 1. The minimum Gasteiger partial charge on any atom is -0.480 e. The molecule has 8 heteroatoms. The number of fused-ring (bicyclic) bond motifs is 1. The Labute approximate surface area is 133 Å². The van der Waals surface area contributed by atoms with Crippen LogP contribution in [0.3, 0.4) is 0 Å². The summed E-state index contributed by atoms with van der Waals surface area (Å²) in [4.78, 5) is 29.0. The highest BCUT2D eigenvalue weighted by atomic mass is 16.4. The molecule has 0 bridgehead atoms. The predicted octanol–water partition coefficient (Wildman–Crippen LogP) is 0.307. The van der Waals surface area contributed by atoms with Crippen LogP contribution >= 0.6 is 0 Å². The highest BCUT2D eigenvalue weighted by Gasteiger charge is 2.29. The fraction of sp³-hybridized carbons (Fsp3) is 0.400. The Bertz CT molecular complexity index is 652. The molecular weight excluding hydrogens is 300 g/mol. The third kappa shape index (κ3) is 4.05. The minimum atomic E-state index is -1.10. The monoisotopic (exact) mass is 320 g/mol. The van der Waals surface area contributed by atoms with Crippen LogP contribution < -0.4 is 11.5 Å². The third-order valence-corrected chi connectivity index (χ3v) is 3.48. The minimum absolute atomic E-state index is 0.0494. The standard InChI is InChI=1S/C15H20N4O4/c16-7-3-5-11(15(21)22)19(14(20)8-17)9-13-18-10-4-1-2-6-12(10)23-13/h1-2,4,6,11H,3,5,7-9,16-17H2,(H,21,22)/t11-/m0/s1. The molecule has 0 saturated carbocycles. The van der Waals surface area contributed by atoms with Crippen molar-refractivity contribution < 1.29 is 19.1 Å². The maximum Gasteiger partial charge on any atom is 0.326 e. The van der Waals surface area contributed by atoms with E-state index < -0.39 is 17.9 Å². The van der Waals surface area contributed by atoms with Gasteiger partial charge in [-0.2, -0.15) is 0 Å². The van der Waals surface area contributed by atoms with Crippen molar-refractivity contribution in [2.24, 2.45) is 11.5 Å². The number of oxazole rings is 1. The first kappa shape index (κ1) is 16.9. The number of rotatable bonds is 8. The first-order valence-corrected chi connectivity index (χ1v) is 7.33. The number of hydrogen-bond donors (Lipinski definition) is 3. The molecule has 0 spiro atoms. The summed E-state index contributed by atoms with van der Waals surface area (Å²) in [5, 5.41) is 9.41. The molecule has 1 atom stereocenters. The van der Waals surface area contributed by atoms with E-state index in [-0.39, 0.29) is 25.4 Å². The molecule has 0 aliphatic heterocycles. The smallest absolute Gasteiger partial charge is 0.326 e. The van der Waals surface area contributed by atoms with Crippen molar-refractivity contribution in [2.75, 3.05) is 13.1 Å². The van der Waals surface area contributed by atoms with Gasteiger partial charge >= 0.3 is 5.97 Å². The fourth-order valence-electron chi connectivity index (χ4n) is 2.35. The number of aliphatic carboxylic acids is 1. The number of carbonyl (C=O) groups excluding carboxylic acids is 1.